The van der Waals surface area contributed by atoms with Gasteiger partial charge in [-0.3, -0.25) is 4.79 Å². The lowest BCUT2D eigenvalue weighted by molar-refractivity contribution is -0.147. The fraction of sp³-hybridized carbons (Fsp3) is 0.250. The van der Waals surface area contributed by atoms with E-state index in [2.05, 4.69) is 15.3 Å². The van der Waals surface area contributed by atoms with Crippen LogP contribution in [-0.4, -0.2) is 32.9 Å². The van der Waals surface area contributed by atoms with Crippen molar-refractivity contribution in [1.29, 1.82) is 0 Å². The fourth-order valence-electron chi connectivity index (χ4n) is 4.08. The monoisotopic (exact) mass is 454 g/mol. The van der Waals surface area contributed by atoms with E-state index in [0.717, 1.165) is 17.7 Å². The van der Waals surface area contributed by atoms with Gasteiger partial charge in [-0.2, -0.15) is 23.4 Å². The lowest BCUT2D eigenvalue weighted by atomic mass is 9.79. The van der Waals surface area contributed by atoms with Crippen LogP contribution in [0.15, 0.2) is 60.8 Å². The maximum absolute atomic E-state index is 13.0. The van der Waals surface area contributed by atoms with Gasteiger partial charge >= 0.3 is 12.1 Å². The molecule has 0 radical (unpaired) electrons. The van der Waals surface area contributed by atoms with Crippen molar-refractivity contribution in [3.63, 3.8) is 0 Å². The maximum atomic E-state index is 13.0. The molecule has 0 N–H and O–H groups in total. The van der Waals surface area contributed by atoms with E-state index in [9.17, 15) is 18.0 Å². The van der Waals surface area contributed by atoms with Gasteiger partial charge in [0.25, 0.3) is 0 Å². The second-order valence-electron chi connectivity index (χ2n) is 7.99. The van der Waals surface area contributed by atoms with Crippen molar-refractivity contribution < 1.29 is 22.7 Å². The van der Waals surface area contributed by atoms with E-state index in [0.29, 0.717) is 34.6 Å². The molecule has 170 valence electrons. The summed E-state index contributed by atoms with van der Waals surface area (Å²) in [4.78, 5) is 13.0. The molecule has 0 saturated carbocycles. The van der Waals surface area contributed by atoms with Gasteiger partial charge in [0.15, 0.2) is 5.65 Å². The smallest absolute Gasteiger partial charge is 0.416 e. The van der Waals surface area contributed by atoms with Gasteiger partial charge in [0.05, 0.1) is 30.3 Å². The van der Waals surface area contributed by atoms with E-state index < -0.39 is 23.1 Å². The number of halogens is 3. The third kappa shape index (κ3) is 4.06. The molecule has 0 amide bonds. The third-order valence-electron chi connectivity index (χ3n) is 5.68. The summed E-state index contributed by atoms with van der Waals surface area (Å²) in [5, 5.41) is 12.9. The summed E-state index contributed by atoms with van der Waals surface area (Å²) >= 11 is 0. The molecule has 0 spiro atoms. The highest BCUT2D eigenvalue weighted by atomic mass is 19.4. The number of alkyl halides is 3. The van der Waals surface area contributed by atoms with E-state index in [1.165, 1.54) is 30.0 Å². The zero-order valence-corrected chi connectivity index (χ0v) is 18.2. The van der Waals surface area contributed by atoms with E-state index in [-0.39, 0.29) is 0 Å². The molecule has 4 rings (SSSR count). The van der Waals surface area contributed by atoms with Crippen LogP contribution in [-0.2, 0) is 27.5 Å². The molecular weight excluding hydrogens is 433 g/mol. The van der Waals surface area contributed by atoms with Gasteiger partial charge in [-0.05, 0) is 43.5 Å². The van der Waals surface area contributed by atoms with E-state index in [1.54, 1.807) is 13.8 Å². The molecule has 2 heterocycles. The number of fused-ring (bicyclic) bond motifs is 1. The number of hydrogen-bond donors (Lipinski definition) is 0. The Balaban J connectivity index is 1.87. The number of aryl methyl sites for hydroxylation is 1. The summed E-state index contributed by atoms with van der Waals surface area (Å²) in [5.41, 5.74) is 1.37. The lowest BCUT2D eigenvalue weighted by Crippen LogP contribution is -2.39. The molecule has 2 aromatic carbocycles. The second kappa shape index (κ2) is 8.31. The van der Waals surface area contributed by atoms with Crippen LogP contribution in [0.25, 0.3) is 16.8 Å². The second-order valence-corrected chi connectivity index (χ2v) is 7.99. The SMILES string of the molecule is COC(=O)C(C)(Cc1ccccc1)c1c(C)nnc2c(-c3ccc(C(F)(F)F)cc3)cnn12. The Bertz CT molecular complexity index is 1300. The average Bonchev–Trinajstić information content (AvgIpc) is 3.22. The molecule has 9 heteroatoms. The van der Waals surface area contributed by atoms with Crippen LogP contribution in [0.4, 0.5) is 13.2 Å². The van der Waals surface area contributed by atoms with Gasteiger partial charge in [-0.15, -0.1) is 5.10 Å². The molecular formula is C24H21F3N4O2. The highest BCUT2D eigenvalue weighted by molar-refractivity contribution is 5.84. The Morgan fingerprint density at radius 3 is 2.30 bits per heavy atom. The zero-order chi connectivity index (χ0) is 23.8. The molecule has 0 fully saturated rings. The minimum Gasteiger partial charge on any atom is -0.468 e. The molecule has 6 nitrogen and oxygen atoms in total. The van der Waals surface area contributed by atoms with Crippen molar-refractivity contribution in [1.82, 2.24) is 19.8 Å². The Morgan fingerprint density at radius 1 is 1.03 bits per heavy atom. The van der Waals surface area contributed by atoms with E-state index in [4.69, 9.17) is 4.74 Å². The first kappa shape index (κ1) is 22.4. The number of nitrogens with zero attached hydrogens (tertiary/aromatic N) is 4. The maximum Gasteiger partial charge on any atom is 0.416 e. The first-order valence-corrected chi connectivity index (χ1v) is 10.2. The summed E-state index contributed by atoms with van der Waals surface area (Å²) < 4.78 is 45.5. The average molecular weight is 454 g/mol. The van der Waals surface area contributed by atoms with Gasteiger partial charge < -0.3 is 4.74 Å². The molecule has 0 aliphatic heterocycles. The summed E-state index contributed by atoms with van der Waals surface area (Å²) in [6, 6.07) is 14.2. The highest BCUT2D eigenvalue weighted by Crippen LogP contribution is 2.35. The van der Waals surface area contributed by atoms with Crippen LogP contribution in [0.5, 0.6) is 0 Å². The van der Waals surface area contributed by atoms with Gasteiger partial charge in [0, 0.05) is 5.56 Å². The van der Waals surface area contributed by atoms with Crippen molar-refractivity contribution in [3.05, 3.63) is 83.3 Å². The molecule has 1 atom stereocenters. The van der Waals surface area contributed by atoms with Crippen LogP contribution in [0.2, 0.25) is 0 Å². The molecule has 0 aliphatic carbocycles. The number of carbonyl (C=O) groups is 1. The van der Waals surface area contributed by atoms with Crippen molar-refractivity contribution in [2.45, 2.75) is 31.9 Å². The summed E-state index contributed by atoms with van der Waals surface area (Å²) in [7, 11) is 1.32. The van der Waals surface area contributed by atoms with Gasteiger partial charge in [-0.1, -0.05) is 42.5 Å². The highest BCUT2D eigenvalue weighted by Gasteiger charge is 2.41. The number of esters is 1. The zero-order valence-electron chi connectivity index (χ0n) is 18.2. The van der Waals surface area contributed by atoms with Crippen LogP contribution in [0.1, 0.15) is 29.4 Å². The Hall–Kier alpha value is -3.75. The molecule has 0 aliphatic rings. The largest absolute Gasteiger partial charge is 0.468 e. The van der Waals surface area contributed by atoms with Crippen molar-refractivity contribution >= 4 is 11.6 Å². The predicted octanol–water partition coefficient (Wildman–Crippen LogP) is 4.79. The number of ether oxygens (including phenoxy) is 1. The van der Waals surface area contributed by atoms with Gasteiger partial charge in [0.2, 0.25) is 0 Å². The van der Waals surface area contributed by atoms with Crippen LogP contribution in [0, 0.1) is 6.92 Å². The Kier molecular flexibility index (Phi) is 5.65. The van der Waals surface area contributed by atoms with E-state index >= 15 is 0 Å². The first-order chi connectivity index (χ1) is 15.6. The first-order valence-electron chi connectivity index (χ1n) is 10.2. The summed E-state index contributed by atoms with van der Waals surface area (Å²) in [5.74, 6) is -0.463. The van der Waals surface area contributed by atoms with Crippen molar-refractivity contribution in [2.75, 3.05) is 7.11 Å². The number of hydrogen-bond acceptors (Lipinski definition) is 5. The summed E-state index contributed by atoms with van der Waals surface area (Å²) in [6.07, 6.45) is -2.59. The molecule has 2 aromatic heterocycles. The molecule has 0 bridgehead atoms. The van der Waals surface area contributed by atoms with Gasteiger partial charge in [0.1, 0.15) is 5.41 Å². The van der Waals surface area contributed by atoms with Crippen molar-refractivity contribution in [2.24, 2.45) is 0 Å². The van der Waals surface area contributed by atoms with Crippen LogP contribution >= 0.6 is 0 Å². The van der Waals surface area contributed by atoms with E-state index in [1.807, 2.05) is 30.3 Å². The third-order valence-corrected chi connectivity index (χ3v) is 5.68. The quantitative estimate of drug-likeness (QED) is 0.406. The fourth-order valence-corrected chi connectivity index (χ4v) is 4.08. The molecule has 4 aromatic rings. The number of rotatable bonds is 5. The van der Waals surface area contributed by atoms with Crippen LogP contribution < -0.4 is 0 Å². The lowest BCUT2D eigenvalue weighted by Gasteiger charge is -2.28. The summed E-state index contributed by atoms with van der Waals surface area (Å²) in [6.45, 7) is 3.49. The molecule has 1 unspecified atom stereocenters. The number of carbonyl (C=O) groups excluding carboxylic acids is 1. The minimum atomic E-state index is -4.43. The van der Waals surface area contributed by atoms with Crippen molar-refractivity contribution in [3.8, 4) is 11.1 Å². The Labute approximate surface area is 188 Å². The minimum absolute atomic E-state index is 0.331. The molecule has 33 heavy (non-hydrogen) atoms. The number of methoxy groups -OCH3 is 1. The topological polar surface area (TPSA) is 69.4 Å². The van der Waals surface area contributed by atoms with Crippen LogP contribution in [0.3, 0.4) is 0 Å². The van der Waals surface area contributed by atoms with Gasteiger partial charge in [-0.25, -0.2) is 4.52 Å². The number of aromatic nitrogens is 4. The normalized spacial score (nSPS) is 13.6. The standard InChI is InChI=1S/C24H21F3N4O2/c1-15-20(23(2,22(32)33-3)13-16-7-5-4-6-8-16)31-21(30-29-15)19(14-28-31)17-9-11-18(12-10-17)24(25,26)27/h4-12,14H,13H2,1-3H3. The predicted molar refractivity (Wildman–Crippen MR) is 115 cm³/mol. The number of benzene rings is 2. The molecule has 0 saturated heterocycles. The Morgan fingerprint density at radius 2 is 1.70 bits per heavy atom.